The van der Waals surface area contributed by atoms with Crippen LogP contribution < -0.4 is 4.74 Å². The average Bonchev–Trinajstić information content (AvgIpc) is 3.04. The van der Waals surface area contributed by atoms with E-state index in [1.807, 2.05) is 0 Å². The zero-order valence-electron chi connectivity index (χ0n) is 17.2. The van der Waals surface area contributed by atoms with E-state index in [4.69, 9.17) is 4.74 Å². The van der Waals surface area contributed by atoms with Crippen LogP contribution in [-0.2, 0) is 16.3 Å². The highest BCUT2D eigenvalue weighted by molar-refractivity contribution is 7.90. The maximum absolute atomic E-state index is 13.2. The highest BCUT2D eigenvalue weighted by Gasteiger charge is 2.31. The fourth-order valence-electron chi connectivity index (χ4n) is 3.49. The maximum atomic E-state index is 13.2. The minimum Gasteiger partial charge on any atom is -0.457 e. The molecule has 0 aliphatic heterocycles. The molecule has 9 heteroatoms. The average molecular weight is 460 g/mol. The number of hydrogen-bond acceptors (Lipinski definition) is 4. The highest BCUT2D eigenvalue weighted by Crippen LogP contribution is 2.31. The molecule has 3 aromatic carbocycles. The summed E-state index contributed by atoms with van der Waals surface area (Å²) in [5, 5.41) is 0. The van der Waals surface area contributed by atoms with Crippen LogP contribution in [0.15, 0.2) is 71.6 Å². The van der Waals surface area contributed by atoms with Crippen molar-refractivity contribution >= 4 is 20.9 Å². The largest absolute Gasteiger partial charge is 0.457 e. The van der Waals surface area contributed by atoms with E-state index >= 15 is 0 Å². The number of fused-ring (bicyclic) bond motifs is 1. The molecule has 4 rings (SSSR count). The highest BCUT2D eigenvalue weighted by atomic mass is 32.2. The molecule has 4 aromatic rings. The van der Waals surface area contributed by atoms with Crippen LogP contribution in [-0.4, -0.2) is 30.4 Å². The first-order valence-electron chi connectivity index (χ1n) is 9.63. The van der Waals surface area contributed by atoms with Gasteiger partial charge in [0.25, 0.3) is 0 Å². The molecular formula is C23H19F3N2O3S. The maximum Gasteiger partial charge on any atom is 0.396 e. The number of rotatable bonds is 5. The molecule has 1 heterocycles. The van der Waals surface area contributed by atoms with Gasteiger partial charge in [-0.1, -0.05) is 18.2 Å². The van der Waals surface area contributed by atoms with Crippen molar-refractivity contribution in [3.8, 4) is 17.2 Å². The van der Waals surface area contributed by atoms with Gasteiger partial charge in [-0.25, -0.2) is 13.4 Å². The van der Waals surface area contributed by atoms with Crippen molar-refractivity contribution < 1.29 is 26.3 Å². The number of alkyl halides is 3. The quantitative estimate of drug-likeness (QED) is 0.387. The third-order valence-corrected chi connectivity index (χ3v) is 5.98. The van der Waals surface area contributed by atoms with Gasteiger partial charge in [0.15, 0.2) is 9.84 Å². The number of sulfone groups is 1. The summed E-state index contributed by atoms with van der Waals surface area (Å²) in [6, 6.07) is 18.0. The Morgan fingerprint density at radius 2 is 1.69 bits per heavy atom. The van der Waals surface area contributed by atoms with E-state index in [-0.39, 0.29) is 10.7 Å². The molecule has 0 aliphatic rings. The van der Waals surface area contributed by atoms with Gasteiger partial charge in [-0.3, -0.25) is 4.57 Å². The number of nitrogens with zero attached hydrogens (tertiary/aromatic N) is 2. The van der Waals surface area contributed by atoms with Crippen molar-refractivity contribution in [2.45, 2.75) is 24.4 Å². The third-order valence-electron chi connectivity index (χ3n) is 4.87. The number of halogens is 3. The van der Waals surface area contributed by atoms with Gasteiger partial charge in [0, 0.05) is 6.26 Å². The lowest BCUT2D eigenvalue weighted by Crippen LogP contribution is -2.16. The summed E-state index contributed by atoms with van der Waals surface area (Å²) in [4.78, 5) is 4.32. The molecule has 0 radical (unpaired) electrons. The Morgan fingerprint density at radius 1 is 0.969 bits per heavy atom. The normalized spacial score (nSPS) is 12.3. The third kappa shape index (κ3) is 4.62. The van der Waals surface area contributed by atoms with Gasteiger partial charge in [-0.15, -0.1) is 0 Å². The molecule has 32 heavy (non-hydrogen) atoms. The molecule has 0 fully saturated rings. The molecule has 0 atom stereocenters. The van der Waals surface area contributed by atoms with Crippen molar-refractivity contribution in [3.63, 3.8) is 0 Å². The predicted molar refractivity (Wildman–Crippen MR) is 115 cm³/mol. The van der Waals surface area contributed by atoms with Crippen molar-refractivity contribution in [1.29, 1.82) is 0 Å². The van der Waals surface area contributed by atoms with Crippen LogP contribution in [0.25, 0.3) is 16.7 Å². The van der Waals surface area contributed by atoms with Gasteiger partial charge < -0.3 is 4.74 Å². The van der Waals surface area contributed by atoms with Gasteiger partial charge >= 0.3 is 6.18 Å². The number of benzene rings is 3. The molecule has 1 aromatic heterocycles. The van der Waals surface area contributed by atoms with Crippen molar-refractivity contribution in [1.82, 2.24) is 9.55 Å². The Kier molecular flexibility index (Phi) is 5.46. The van der Waals surface area contributed by atoms with E-state index in [9.17, 15) is 21.6 Å². The minimum atomic E-state index is -4.40. The van der Waals surface area contributed by atoms with Crippen LogP contribution in [0.1, 0.15) is 11.4 Å². The van der Waals surface area contributed by atoms with Crippen molar-refractivity contribution in [3.05, 3.63) is 78.1 Å². The zero-order chi connectivity index (χ0) is 23.1. The molecule has 0 aliphatic carbocycles. The standard InChI is InChI=1S/C23H19F3N2O3S/c1-15-12-17(31-16-6-5-7-18(13-16)32(2,29)30)10-11-20(15)28-21-9-4-3-8-19(21)27-22(28)14-23(24,25)26/h3-13H,14H2,1-2H3. The van der Waals surface area contributed by atoms with Crippen LogP contribution in [0.4, 0.5) is 13.2 Å². The minimum absolute atomic E-state index is 0.101. The lowest BCUT2D eigenvalue weighted by molar-refractivity contribution is -0.128. The number of hydrogen-bond donors (Lipinski definition) is 0. The fraction of sp³-hybridized carbons (Fsp3) is 0.174. The van der Waals surface area contributed by atoms with E-state index in [1.165, 1.54) is 16.7 Å². The number of imidazole rings is 1. The predicted octanol–water partition coefficient (Wildman–Crippen LogP) is 5.63. The van der Waals surface area contributed by atoms with E-state index in [1.54, 1.807) is 61.5 Å². The van der Waals surface area contributed by atoms with Crippen LogP contribution in [0.5, 0.6) is 11.5 Å². The molecule has 0 amide bonds. The second kappa shape index (κ2) is 7.98. The number of aromatic nitrogens is 2. The van der Waals surface area contributed by atoms with Crippen LogP contribution in [0.3, 0.4) is 0 Å². The number of aryl methyl sites for hydroxylation is 1. The van der Waals surface area contributed by atoms with Gasteiger partial charge in [0.1, 0.15) is 23.7 Å². The summed E-state index contributed by atoms with van der Waals surface area (Å²) >= 11 is 0. The van der Waals surface area contributed by atoms with Gasteiger partial charge in [-0.05, 0) is 61.0 Å². The molecule has 0 saturated carbocycles. The first-order valence-corrected chi connectivity index (χ1v) is 11.5. The zero-order valence-corrected chi connectivity index (χ0v) is 18.0. The second-order valence-corrected chi connectivity index (χ2v) is 9.46. The first kappa shape index (κ1) is 21.9. The summed E-state index contributed by atoms with van der Waals surface area (Å²) < 4.78 is 70.3. The lowest BCUT2D eigenvalue weighted by Gasteiger charge is -2.15. The Morgan fingerprint density at radius 3 is 2.38 bits per heavy atom. The lowest BCUT2D eigenvalue weighted by atomic mass is 10.1. The summed E-state index contributed by atoms with van der Waals surface area (Å²) in [5.74, 6) is 0.668. The monoisotopic (exact) mass is 460 g/mol. The van der Waals surface area contributed by atoms with Gasteiger partial charge in [0.2, 0.25) is 0 Å². The van der Waals surface area contributed by atoms with Crippen molar-refractivity contribution in [2.24, 2.45) is 0 Å². The Labute approximate surface area is 183 Å². The molecule has 0 N–H and O–H groups in total. The fourth-order valence-corrected chi connectivity index (χ4v) is 4.15. The Balaban J connectivity index is 1.73. The summed E-state index contributed by atoms with van der Waals surface area (Å²) in [5.41, 5.74) is 2.27. The Hall–Kier alpha value is -3.33. The van der Waals surface area contributed by atoms with Crippen LogP contribution >= 0.6 is 0 Å². The van der Waals surface area contributed by atoms with Crippen molar-refractivity contribution in [2.75, 3.05) is 6.26 Å². The smallest absolute Gasteiger partial charge is 0.396 e. The van der Waals surface area contributed by atoms with E-state index in [0.717, 1.165) is 6.26 Å². The van der Waals surface area contributed by atoms with Gasteiger partial charge in [0.05, 0.1) is 21.6 Å². The van der Waals surface area contributed by atoms with Crippen LogP contribution in [0, 0.1) is 6.92 Å². The molecule has 0 spiro atoms. The SMILES string of the molecule is Cc1cc(Oc2cccc(S(C)(=O)=O)c2)ccc1-n1c(CC(F)(F)F)nc2ccccc21. The topological polar surface area (TPSA) is 61.2 Å². The van der Waals surface area contributed by atoms with Gasteiger partial charge in [-0.2, -0.15) is 13.2 Å². The summed E-state index contributed by atoms with van der Waals surface area (Å²) in [6.07, 6.45) is -4.45. The van der Waals surface area contributed by atoms with E-state index < -0.39 is 22.4 Å². The molecule has 0 saturated heterocycles. The van der Waals surface area contributed by atoms with Crippen LogP contribution in [0.2, 0.25) is 0 Å². The molecular weight excluding hydrogens is 441 g/mol. The van der Waals surface area contributed by atoms with E-state index in [2.05, 4.69) is 4.98 Å². The summed E-state index contributed by atoms with van der Waals surface area (Å²) in [7, 11) is -3.38. The summed E-state index contributed by atoms with van der Waals surface area (Å²) in [6.45, 7) is 1.77. The van der Waals surface area contributed by atoms with E-state index in [0.29, 0.717) is 33.8 Å². The molecule has 5 nitrogen and oxygen atoms in total. The second-order valence-electron chi connectivity index (χ2n) is 7.44. The first-order chi connectivity index (χ1) is 15.0. The number of ether oxygens (including phenoxy) is 1. The molecule has 0 unspecified atom stereocenters. The molecule has 166 valence electrons. The number of para-hydroxylation sites is 2. The Bertz CT molecular complexity index is 1410. The molecule has 0 bridgehead atoms.